The molecule has 0 bridgehead atoms. The predicted octanol–water partition coefficient (Wildman–Crippen LogP) is 0.640. The van der Waals surface area contributed by atoms with Gasteiger partial charge in [-0.15, -0.1) is 0 Å². The molecule has 0 unspecified atom stereocenters. The zero-order chi connectivity index (χ0) is 8.43. The molecular formula is C6H3AsF2O. The van der Waals surface area contributed by atoms with Crippen molar-refractivity contribution in [2.45, 2.75) is 0 Å². The molecule has 0 N–H and O–H groups in total. The van der Waals surface area contributed by atoms with Crippen LogP contribution in [-0.4, -0.2) is 15.7 Å². The number of hydrogen-bond acceptors (Lipinski definition) is 1. The van der Waals surface area contributed by atoms with Crippen LogP contribution in [0.1, 0.15) is 1.37 Å². The molecule has 1 aromatic carbocycles. The van der Waals surface area contributed by atoms with Crippen molar-refractivity contribution in [3.05, 3.63) is 29.8 Å². The maximum atomic E-state index is 12.5. The monoisotopic (exact) mass is 205 g/mol. The van der Waals surface area contributed by atoms with E-state index in [9.17, 15) is 12.5 Å². The van der Waals surface area contributed by atoms with Crippen molar-refractivity contribution in [1.29, 1.82) is 0 Å². The second kappa shape index (κ2) is 3.02. The molecule has 0 aromatic heterocycles. The van der Waals surface area contributed by atoms with Gasteiger partial charge in [-0.3, -0.25) is 0 Å². The summed E-state index contributed by atoms with van der Waals surface area (Å²) in [4.78, 5) is 0. The van der Waals surface area contributed by atoms with E-state index in [4.69, 9.17) is 1.37 Å². The molecule has 0 amide bonds. The summed E-state index contributed by atoms with van der Waals surface area (Å²) >= 11 is -1.42. The fourth-order valence-electron chi connectivity index (χ4n) is 0.540. The summed E-state index contributed by atoms with van der Waals surface area (Å²) in [6.07, 6.45) is 0. The normalized spacial score (nSPS) is 11.6. The van der Waals surface area contributed by atoms with Gasteiger partial charge < -0.3 is 0 Å². The van der Waals surface area contributed by atoms with Crippen molar-refractivity contribution in [2.24, 2.45) is 0 Å². The summed E-state index contributed by atoms with van der Waals surface area (Å²) in [6, 6.07) is 1.06. The van der Waals surface area contributed by atoms with E-state index < -0.39 is 33.4 Å². The first-order valence-corrected chi connectivity index (χ1v) is 4.14. The fraction of sp³-hybridized carbons (Fsp3) is 0. The van der Waals surface area contributed by atoms with Crippen LogP contribution in [0.3, 0.4) is 0 Å². The van der Waals surface area contributed by atoms with Crippen molar-refractivity contribution in [3.8, 4) is 0 Å². The van der Waals surface area contributed by atoms with Crippen LogP contribution in [0.2, 0.25) is 0 Å². The van der Waals surface area contributed by atoms with Crippen molar-refractivity contribution in [2.75, 3.05) is 0 Å². The summed E-state index contributed by atoms with van der Waals surface area (Å²) in [6.45, 7) is 0. The third kappa shape index (κ3) is 1.71. The zero-order valence-corrected chi connectivity index (χ0v) is 6.64. The van der Waals surface area contributed by atoms with Gasteiger partial charge in [-0.1, -0.05) is 0 Å². The first-order valence-electron chi connectivity index (χ1n) is 2.94. The van der Waals surface area contributed by atoms with E-state index in [2.05, 4.69) is 0 Å². The summed E-state index contributed by atoms with van der Waals surface area (Å²) in [5.74, 6) is -1.93. The first kappa shape index (κ1) is 6.17. The van der Waals surface area contributed by atoms with Crippen LogP contribution in [0.5, 0.6) is 0 Å². The fourth-order valence-corrected chi connectivity index (χ4v) is 1.24. The minimum atomic E-state index is -1.42. The standard InChI is InChI=1S/C6H3AsF2O/c8-5-1-4(7-10)2-6(9)3-5/h1-3H/i3D. The third-order valence-corrected chi connectivity index (χ3v) is 1.88. The van der Waals surface area contributed by atoms with E-state index in [1.165, 1.54) is 0 Å². The molecule has 1 rings (SSSR count). The minimum absolute atomic E-state index is 0.118. The van der Waals surface area contributed by atoms with Gasteiger partial charge in [-0.25, -0.2) is 0 Å². The van der Waals surface area contributed by atoms with Crippen LogP contribution in [0.4, 0.5) is 8.78 Å². The predicted molar refractivity (Wildman–Crippen MR) is 32.4 cm³/mol. The van der Waals surface area contributed by atoms with E-state index >= 15 is 0 Å². The van der Waals surface area contributed by atoms with Crippen molar-refractivity contribution in [1.82, 2.24) is 0 Å². The van der Waals surface area contributed by atoms with Crippen molar-refractivity contribution < 1.29 is 13.9 Å². The number of benzene rings is 1. The zero-order valence-electron chi connectivity index (χ0n) is 5.77. The molecule has 0 aliphatic heterocycles. The Labute approximate surface area is 64.4 Å². The third-order valence-electron chi connectivity index (χ3n) is 0.893. The van der Waals surface area contributed by atoms with Gasteiger partial charge in [0.25, 0.3) is 0 Å². The van der Waals surface area contributed by atoms with Gasteiger partial charge in [0.15, 0.2) is 0 Å². The molecule has 1 aromatic rings. The molecule has 0 saturated heterocycles. The van der Waals surface area contributed by atoms with Gasteiger partial charge in [0.2, 0.25) is 0 Å². The molecule has 52 valence electrons. The Hall–Kier alpha value is -0.562. The Balaban J connectivity index is 3.31. The molecule has 4 heteroatoms. The molecule has 0 aliphatic carbocycles. The molecule has 0 heterocycles. The molecule has 0 fully saturated rings. The van der Waals surface area contributed by atoms with E-state index in [0.717, 1.165) is 12.1 Å². The Morgan fingerprint density at radius 1 is 1.40 bits per heavy atom. The number of hydrogen-bond donors (Lipinski definition) is 0. The van der Waals surface area contributed by atoms with E-state index in [1.54, 1.807) is 0 Å². The van der Waals surface area contributed by atoms with E-state index in [-0.39, 0.29) is 4.35 Å². The molecule has 0 atom stereocenters. The molecule has 0 spiro atoms. The molecule has 10 heavy (non-hydrogen) atoms. The van der Waals surface area contributed by atoms with Gasteiger partial charge in [0.1, 0.15) is 0 Å². The first-order chi connectivity index (χ1) is 5.15. The number of halogens is 2. The van der Waals surface area contributed by atoms with Crippen LogP contribution in [0, 0.1) is 11.6 Å². The Kier molecular flexibility index (Phi) is 1.86. The Morgan fingerprint density at radius 3 is 2.30 bits per heavy atom. The van der Waals surface area contributed by atoms with E-state index in [0.29, 0.717) is 0 Å². The summed E-state index contributed by atoms with van der Waals surface area (Å²) in [7, 11) is 0. The second-order valence-corrected chi connectivity index (χ2v) is 3.09. The molecular weight excluding hydrogens is 201 g/mol. The van der Waals surface area contributed by atoms with Crippen LogP contribution in [0.25, 0.3) is 0 Å². The number of rotatable bonds is 1. The van der Waals surface area contributed by atoms with Gasteiger partial charge in [0, 0.05) is 0 Å². The summed E-state index contributed by atoms with van der Waals surface area (Å²) < 4.78 is 42.1. The van der Waals surface area contributed by atoms with Crippen LogP contribution in [0.15, 0.2) is 18.2 Å². The van der Waals surface area contributed by atoms with Crippen LogP contribution < -0.4 is 4.35 Å². The van der Waals surface area contributed by atoms with Crippen molar-refractivity contribution >= 4 is 20.0 Å². The van der Waals surface area contributed by atoms with Gasteiger partial charge in [0.05, 0.1) is 0 Å². The molecule has 1 nitrogen and oxygen atoms in total. The van der Waals surface area contributed by atoms with Gasteiger partial charge >= 0.3 is 63.7 Å². The Bertz CT molecular complexity index is 280. The second-order valence-electron chi connectivity index (χ2n) is 1.63. The quantitative estimate of drug-likeness (QED) is 0.615. The summed E-state index contributed by atoms with van der Waals surface area (Å²) in [5.41, 5.74) is 0. The van der Waals surface area contributed by atoms with Gasteiger partial charge in [-0.2, -0.15) is 0 Å². The molecule has 0 radical (unpaired) electrons. The summed E-state index contributed by atoms with van der Waals surface area (Å²) in [5, 5.41) is 0. The Morgan fingerprint density at radius 2 is 1.90 bits per heavy atom. The molecule has 0 aliphatic rings. The molecule has 0 saturated carbocycles. The topological polar surface area (TPSA) is 17.1 Å². The SMILES string of the molecule is [2H]c1c(F)cc([As]=O)cc1F. The van der Waals surface area contributed by atoms with Gasteiger partial charge in [-0.05, 0) is 0 Å². The van der Waals surface area contributed by atoms with Crippen molar-refractivity contribution in [3.63, 3.8) is 0 Å². The van der Waals surface area contributed by atoms with Crippen LogP contribution >= 0.6 is 0 Å². The maximum absolute atomic E-state index is 12.5. The average molecular weight is 205 g/mol. The van der Waals surface area contributed by atoms with E-state index in [1.807, 2.05) is 0 Å². The van der Waals surface area contributed by atoms with Crippen LogP contribution in [-0.2, 0) is 3.74 Å². The average Bonchev–Trinajstić information content (AvgIpc) is 1.99.